The Morgan fingerprint density at radius 1 is 1.21 bits per heavy atom. The quantitative estimate of drug-likeness (QED) is 0.357. The molecule has 0 bridgehead atoms. The van der Waals surface area contributed by atoms with Crippen LogP contribution in [0.25, 0.3) is 0 Å². The second-order valence-corrected chi connectivity index (χ2v) is 7.76. The molecular weight excluding hydrogens is 364 g/mol. The van der Waals surface area contributed by atoms with Gasteiger partial charge in [0.15, 0.2) is 5.96 Å². The van der Waals surface area contributed by atoms with Gasteiger partial charge in [0.1, 0.15) is 0 Å². The minimum absolute atomic E-state index is 0.0504. The van der Waals surface area contributed by atoms with Crippen LogP contribution in [0.4, 0.5) is 0 Å². The van der Waals surface area contributed by atoms with Crippen LogP contribution in [0.15, 0.2) is 40.9 Å². The van der Waals surface area contributed by atoms with Gasteiger partial charge in [-0.05, 0) is 62.6 Å². The van der Waals surface area contributed by atoms with Gasteiger partial charge in [-0.15, -0.1) is 0 Å². The Bertz CT molecular complexity index is 723. The molecule has 1 atom stereocenters. The van der Waals surface area contributed by atoms with E-state index in [2.05, 4.69) is 27.0 Å². The average molecular weight is 399 g/mol. The summed E-state index contributed by atoms with van der Waals surface area (Å²) in [5.41, 5.74) is 3.28. The first-order valence-corrected chi connectivity index (χ1v) is 10.9. The summed E-state index contributed by atoms with van der Waals surface area (Å²) in [6, 6.07) is 7.71. The normalized spacial score (nSPS) is 19.6. The molecule has 1 saturated heterocycles. The van der Waals surface area contributed by atoms with E-state index >= 15 is 0 Å². The molecule has 29 heavy (non-hydrogen) atoms. The van der Waals surface area contributed by atoms with Gasteiger partial charge in [0.05, 0.1) is 6.10 Å². The van der Waals surface area contributed by atoms with E-state index in [0.717, 1.165) is 43.9 Å². The maximum atomic E-state index is 12.4. The molecule has 1 unspecified atom stereocenters. The number of carbonyl (C=O) groups is 1. The third kappa shape index (κ3) is 7.20. The lowest BCUT2D eigenvalue weighted by atomic mass is 9.97. The predicted octanol–water partition coefficient (Wildman–Crippen LogP) is 3.15. The summed E-state index contributed by atoms with van der Waals surface area (Å²) in [7, 11) is 1.78. The summed E-state index contributed by atoms with van der Waals surface area (Å²) >= 11 is 0. The Hall–Kier alpha value is -2.34. The van der Waals surface area contributed by atoms with Crippen molar-refractivity contribution in [2.45, 2.75) is 57.6 Å². The number of ether oxygens (including phenoxy) is 1. The molecule has 1 aromatic rings. The zero-order valence-corrected chi connectivity index (χ0v) is 17.5. The van der Waals surface area contributed by atoms with Gasteiger partial charge < -0.3 is 20.7 Å². The molecule has 1 fully saturated rings. The van der Waals surface area contributed by atoms with E-state index in [0.29, 0.717) is 18.7 Å². The van der Waals surface area contributed by atoms with Crippen LogP contribution in [-0.4, -0.2) is 44.7 Å². The van der Waals surface area contributed by atoms with Crippen LogP contribution in [0.3, 0.4) is 0 Å². The summed E-state index contributed by atoms with van der Waals surface area (Å²) in [6.07, 6.45) is 10.8. The van der Waals surface area contributed by atoms with Crippen LogP contribution in [0, 0.1) is 0 Å². The third-order valence-corrected chi connectivity index (χ3v) is 5.51. The van der Waals surface area contributed by atoms with Gasteiger partial charge >= 0.3 is 0 Å². The lowest BCUT2D eigenvalue weighted by Gasteiger charge is -2.15. The molecular formula is C23H34N4O2. The van der Waals surface area contributed by atoms with Gasteiger partial charge in [-0.2, -0.15) is 0 Å². The van der Waals surface area contributed by atoms with E-state index in [1.165, 1.54) is 25.7 Å². The highest BCUT2D eigenvalue weighted by atomic mass is 16.5. The number of hydrogen-bond acceptors (Lipinski definition) is 3. The van der Waals surface area contributed by atoms with Gasteiger partial charge in [0.2, 0.25) is 0 Å². The van der Waals surface area contributed by atoms with Crippen molar-refractivity contribution in [3.8, 4) is 0 Å². The van der Waals surface area contributed by atoms with E-state index in [1.54, 1.807) is 12.6 Å². The number of rotatable bonds is 8. The van der Waals surface area contributed by atoms with Crippen LogP contribution in [-0.2, 0) is 11.3 Å². The summed E-state index contributed by atoms with van der Waals surface area (Å²) in [4.78, 5) is 16.7. The smallest absolute Gasteiger partial charge is 0.251 e. The third-order valence-electron chi connectivity index (χ3n) is 5.51. The largest absolute Gasteiger partial charge is 0.376 e. The molecule has 1 amide bonds. The summed E-state index contributed by atoms with van der Waals surface area (Å²) in [5.74, 6) is 0.736. The lowest BCUT2D eigenvalue weighted by molar-refractivity contribution is 0.0857. The van der Waals surface area contributed by atoms with Crippen LogP contribution < -0.4 is 16.0 Å². The second kappa shape index (κ2) is 11.6. The number of benzene rings is 1. The highest BCUT2D eigenvalue weighted by molar-refractivity contribution is 5.94. The average Bonchev–Trinajstić information content (AvgIpc) is 3.29. The van der Waals surface area contributed by atoms with Crippen LogP contribution in [0.5, 0.6) is 0 Å². The topological polar surface area (TPSA) is 74.8 Å². The SMILES string of the molecule is CN=C(NCCC1=CCCCC1)NCc1cccc(C(=O)NCC2CCCO2)c1. The van der Waals surface area contributed by atoms with Gasteiger partial charge in [-0.25, -0.2) is 0 Å². The highest BCUT2D eigenvalue weighted by Gasteiger charge is 2.16. The van der Waals surface area contributed by atoms with Crippen molar-refractivity contribution in [1.29, 1.82) is 0 Å². The minimum atomic E-state index is -0.0504. The van der Waals surface area contributed by atoms with Crippen molar-refractivity contribution < 1.29 is 9.53 Å². The second-order valence-electron chi connectivity index (χ2n) is 7.76. The number of amides is 1. The Labute approximate surface area is 174 Å². The maximum Gasteiger partial charge on any atom is 0.251 e. The van der Waals surface area contributed by atoms with Crippen molar-refractivity contribution in [3.63, 3.8) is 0 Å². The molecule has 0 radical (unpaired) electrons. The molecule has 6 heteroatoms. The standard InChI is InChI=1S/C23H34N4O2/c1-24-23(25-13-12-18-7-3-2-4-8-18)27-16-19-9-5-10-20(15-19)22(28)26-17-21-11-6-14-29-21/h5,7,9-10,15,21H,2-4,6,8,11-14,16-17H2,1H3,(H,26,28)(H2,24,25,27). The molecule has 3 rings (SSSR count). The van der Waals surface area contributed by atoms with Crippen molar-refractivity contribution in [2.75, 3.05) is 26.7 Å². The van der Waals surface area contributed by atoms with Crippen LogP contribution in [0.2, 0.25) is 0 Å². The first-order chi connectivity index (χ1) is 14.2. The fourth-order valence-corrected chi connectivity index (χ4v) is 3.82. The number of allylic oxidation sites excluding steroid dienone is 1. The monoisotopic (exact) mass is 398 g/mol. The summed E-state index contributed by atoms with van der Waals surface area (Å²) in [6.45, 7) is 2.88. The number of hydrogen-bond donors (Lipinski definition) is 3. The van der Waals surface area contributed by atoms with Crippen LogP contribution in [0.1, 0.15) is 60.9 Å². The van der Waals surface area contributed by atoms with Gasteiger partial charge in [0.25, 0.3) is 5.91 Å². The first-order valence-electron chi connectivity index (χ1n) is 10.9. The van der Waals surface area contributed by atoms with Gasteiger partial charge in [-0.3, -0.25) is 9.79 Å². The van der Waals surface area contributed by atoms with Gasteiger partial charge in [0, 0.05) is 38.9 Å². The molecule has 1 heterocycles. The molecule has 0 saturated carbocycles. The number of carbonyl (C=O) groups excluding carboxylic acids is 1. The molecule has 1 aromatic carbocycles. The number of nitrogens with one attached hydrogen (secondary N) is 3. The molecule has 3 N–H and O–H groups in total. The van der Waals surface area contributed by atoms with Crippen molar-refractivity contribution in [3.05, 3.63) is 47.0 Å². The first kappa shape index (κ1) is 21.4. The van der Waals surface area contributed by atoms with E-state index in [4.69, 9.17) is 4.74 Å². The number of guanidine groups is 1. The van der Waals surface area contributed by atoms with E-state index in [1.807, 2.05) is 24.3 Å². The van der Waals surface area contributed by atoms with Crippen molar-refractivity contribution in [1.82, 2.24) is 16.0 Å². The minimum Gasteiger partial charge on any atom is -0.376 e. The Morgan fingerprint density at radius 3 is 2.90 bits per heavy atom. The zero-order chi connectivity index (χ0) is 20.3. The molecule has 0 spiro atoms. The Morgan fingerprint density at radius 2 is 2.14 bits per heavy atom. The number of aliphatic imine (C=N–C) groups is 1. The molecule has 1 aliphatic heterocycles. The molecule has 2 aliphatic rings. The highest BCUT2D eigenvalue weighted by Crippen LogP contribution is 2.19. The Kier molecular flexibility index (Phi) is 8.56. The van der Waals surface area contributed by atoms with Crippen molar-refractivity contribution >= 4 is 11.9 Å². The van der Waals surface area contributed by atoms with Crippen LogP contribution >= 0.6 is 0 Å². The zero-order valence-electron chi connectivity index (χ0n) is 17.5. The van der Waals surface area contributed by atoms with E-state index in [-0.39, 0.29) is 12.0 Å². The fourth-order valence-electron chi connectivity index (χ4n) is 3.82. The van der Waals surface area contributed by atoms with Gasteiger partial charge in [-0.1, -0.05) is 23.8 Å². The fraction of sp³-hybridized carbons (Fsp3) is 0.565. The molecule has 0 aromatic heterocycles. The molecule has 158 valence electrons. The summed E-state index contributed by atoms with van der Waals surface area (Å²) in [5, 5.41) is 9.69. The van der Waals surface area contributed by atoms with E-state index in [9.17, 15) is 4.79 Å². The van der Waals surface area contributed by atoms with E-state index < -0.39 is 0 Å². The van der Waals surface area contributed by atoms with Crippen molar-refractivity contribution in [2.24, 2.45) is 4.99 Å². The molecule has 1 aliphatic carbocycles. The predicted molar refractivity (Wildman–Crippen MR) is 117 cm³/mol. The summed E-state index contributed by atoms with van der Waals surface area (Å²) < 4.78 is 5.56. The number of nitrogens with zero attached hydrogens (tertiary/aromatic N) is 1. The molecule has 6 nitrogen and oxygen atoms in total. The maximum absolute atomic E-state index is 12.4. The Balaban J connectivity index is 1.42. The lowest BCUT2D eigenvalue weighted by Crippen LogP contribution is -2.37.